The Hall–Kier alpha value is -1.13. The van der Waals surface area contributed by atoms with E-state index in [1.54, 1.807) is 6.92 Å². The Balaban J connectivity index is 1.87. The summed E-state index contributed by atoms with van der Waals surface area (Å²) < 4.78 is 11.1. The molecule has 4 heteroatoms. The van der Waals surface area contributed by atoms with Gasteiger partial charge >= 0.3 is 5.97 Å². The van der Waals surface area contributed by atoms with Gasteiger partial charge in [0.25, 0.3) is 5.79 Å². The van der Waals surface area contributed by atoms with E-state index in [9.17, 15) is 9.90 Å². The topological polar surface area (TPSA) is 59.1 Å². The van der Waals surface area contributed by atoms with Crippen LogP contribution in [0.25, 0.3) is 0 Å². The van der Waals surface area contributed by atoms with Crippen molar-refractivity contribution in [2.24, 2.45) is 11.8 Å². The fourth-order valence-electron chi connectivity index (χ4n) is 4.36. The van der Waals surface area contributed by atoms with Gasteiger partial charge in [0.05, 0.1) is 0 Å². The highest BCUT2D eigenvalue weighted by Crippen LogP contribution is 2.63. The highest BCUT2D eigenvalue weighted by Gasteiger charge is 2.74. The van der Waals surface area contributed by atoms with Crippen LogP contribution in [0.1, 0.15) is 33.1 Å². The Morgan fingerprint density at radius 3 is 2.95 bits per heavy atom. The number of esters is 1. The first-order valence-corrected chi connectivity index (χ1v) is 6.89. The van der Waals surface area contributed by atoms with Gasteiger partial charge in [-0.25, -0.2) is 4.79 Å². The number of ether oxygens (including phenoxy) is 2. The predicted molar refractivity (Wildman–Crippen MR) is 67.0 cm³/mol. The van der Waals surface area contributed by atoms with Crippen molar-refractivity contribution in [3.05, 3.63) is 23.3 Å². The Labute approximate surface area is 112 Å². The lowest BCUT2D eigenvalue weighted by atomic mass is 9.82. The smallest absolute Gasteiger partial charge is 0.336 e. The number of carbonyl (C=O) groups excluding carboxylic acids is 1. The monoisotopic (exact) mass is 262 g/mol. The Morgan fingerprint density at radius 1 is 1.47 bits per heavy atom. The number of fused-ring (bicyclic) bond motifs is 5. The highest BCUT2D eigenvalue weighted by atomic mass is 16.7. The maximum Gasteiger partial charge on any atom is 0.336 e. The molecule has 0 aromatic rings. The molecule has 4 nitrogen and oxygen atoms in total. The van der Waals surface area contributed by atoms with Gasteiger partial charge in [-0.1, -0.05) is 12.2 Å². The van der Waals surface area contributed by atoms with Crippen molar-refractivity contribution in [2.75, 3.05) is 0 Å². The van der Waals surface area contributed by atoms with Crippen molar-refractivity contribution < 1.29 is 19.4 Å². The second-order valence-corrected chi connectivity index (χ2v) is 6.49. The van der Waals surface area contributed by atoms with Crippen molar-refractivity contribution in [3.8, 4) is 0 Å². The summed E-state index contributed by atoms with van der Waals surface area (Å²) in [4.78, 5) is 11.8. The van der Waals surface area contributed by atoms with E-state index in [-0.39, 0.29) is 5.60 Å². The van der Waals surface area contributed by atoms with E-state index in [4.69, 9.17) is 9.47 Å². The van der Waals surface area contributed by atoms with Gasteiger partial charge in [-0.2, -0.15) is 0 Å². The summed E-state index contributed by atoms with van der Waals surface area (Å²) in [6, 6.07) is 0. The first-order chi connectivity index (χ1) is 8.88. The van der Waals surface area contributed by atoms with Crippen molar-refractivity contribution in [1.29, 1.82) is 0 Å². The number of allylic oxidation sites excluding steroid dienone is 1. The van der Waals surface area contributed by atoms with Crippen LogP contribution in [0.2, 0.25) is 0 Å². The molecule has 0 radical (unpaired) electrons. The largest absolute Gasteiger partial charge is 0.423 e. The molecule has 4 rings (SSSR count). The van der Waals surface area contributed by atoms with Gasteiger partial charge < -0.3 is 14.6 Å². The second kappa shape index (κ2) is 3.13. The van der Waals surface area contributed by atoms with Gasteiger partial charge in [-0.15, -0.1) is 0 Å². The maximum absolute atomic E-state index is 11.8. The summed E-state index contributed by atoms with van der Waals surface area (Å²) in [5, 5.41) is 10.8. The number of aliphatic hydroxyl groups is 1. The van der Waals surface area contributed by atoms with Crippen LogP contribution in [0.15, 0.2) is 23.3 Å². The molecule has 4 aliphatic rings. The fourth-order valence-corrected chi connectivity index (χ4v) is 4.36. The van der Waals surface area contributed by atoms with Gasteiger partial charge in [0.2, 0.25) is 0 Å². The zero-order valence-electron chi connectivity index (χ0n) is 11.2. The molecule has 2 saturated carbocycles. The van der Waals surface area contributed by atoms with Crippen LogP contribution in [0.3, 0.4) is 0 Å². The molecule has 0 aromatic heterocycles. The summed E-state index contributed by atoms with van der Waals surface area (Å²) in [5.74, 6) is -1.29. The van der Waals surface area contributed by atoms with Crippen molar-refractivity contribution >= 4 is 5.97 Å². The van der Waals surface area contributed by atoms with Gasteiger partial charge in [-0.3, -0.25) is 0 Å². The lowest BCUT2D eigenvalue weighted by molar-refractivity contribution is -0.188. The molecule has 0 unspecified atom stereocenters. The molecule has 2 heterocycles. The molecule has 2 aliphatic heterocycles. The molecule has 0 bridgehead atoms. The summed E-state index contributed by atoms with van der Waals surface area (Å²) in [6.45, 7) is 7.91. The van der Waals surface area contributed by atoms with E-state index < -0.39 is 17.9 Å². The summed E-state index contributed by atoms with van der Waals surface area (Å²) in [7, 11) is 0. The van der Waals surface area contributed by atoms with E-state index >= 15 is 0 Å². The summed E-state index contributed by atoms with van der Waals surface area (Å²) in [6.07, 6.45) is 2.32. The minimum Gasteiger partial charge on any atom is -0.423 e. The van der Waals surface area contributed by atoms with Gasteiger partial charge in [0.1, 0.15) is 5.60 Å². The third-order valence-electron chi connectivity index (χ3n) is 5.58. The lowest BCUT2D eigenvalue weighted by Crippen LogP contribution is -2.41. The van der Waals surface area contributed by atoms with Crippen LogP contribution in [0, 0.1) is 11.8 Å². The molecular formula is C15H18O4. The minimum atomic E-state index is -1.54. The molecule has 3 fully saturated rings. The highest BCUT2D eigenvalue weighted by molar-refractivity contribution is 5.92. The second-order valence-electron chi connectivity index (χ2n) is 6.49. The third-order valence-corrected chi connectivity index (χ3v) is 5.58. The molecule has 1 saturated heterocycles. The van der Waals surface area contributed by atoms with Crippen molar-refractivity contribution in [3.63, 3.8) is 0 Å². The van der Waals surface area contributed by atoms with Crippen LogP contribution in [-0.4, -0.2) is 28.6 Å². The Bertz CT molecular complexity index is 548. The molecule has 2 aliphatic carbocycles. The van der Waals surface area contributed by atoms with Gasteiger partial charge in [0.15, 0.2) is 6.10 Å². The predicted octanol–water partition coefficient (Wildman–Crippen LogP) is 1.69. The first-order valence-electron chi connectivity index (χ1n) is 6.89. The first kappa shape index (κ1) is 11.7. The maximum atomic E-state index is 11.8. The van der Waals surface area contributed by atoms with Gasteiger partial charge in [0, 0.05) is 11.1 Å². The summed E-state index contributed by atoms with van der Waals surface area (Å²) in [5.41, 5.74) is 2.08. The molecule has 102 valence electrons. The zero-order chi connectivity index (χ0) is 13.6. The molecule has 1 N–H and O–H groups in total. The standard InChI is InChI=1S/C15H18O4/c1-7-4-5-10-9(7)6-11-8(2)12(16)18-15(11,17)13-14(10,3)19-13/h9-10,13,17H,1,4-6H2,2-3H3/t9-,10-,13+,14+,15-/m1/s1. The van der Waals surface area contributed by atoms with E-state index in [2.05, 4.69) is 6.58 Å². The normalized spacial score (nSPS) is 51.4. The number of carbonyl (C=O) groups is 1. The average Bonchev–Trinajstić information content (AvgIpc) is 2.85. The minimum absolute atomic E-state index is 0.295. The van der Waals surface area contributed by atoms with E-state index in [0.717, 1.165) is 12.8 Å². The molecular weight excluding hydrogens is 244 g/mol. The lowest BCUT2D eigenvalue weighted by Gasteiger charge is -2.24. The molecule has 0 aromatic carbocycles. The van der Waals surface area contributed by atoms with E-state index in [1.165, 1.54) is 5.57 Å². The van der Waals surface area contributed by atoms with Crippen LogP contribution in [-0.2, 0) is 14.3 Å². The number of rotatable bonds is 0. The van der Waals surface area contributed by atoms with Crippen LogP contribution in [0.5, 0.6) is 0 Å². The van der Waals surface area contributed by atoms with Crippen molar-refractivity contribution in [2.45, 2.75) is 50.6 Å². The molecule has 19 heavy (non-hydrogen) atoms. The molecule has 0 amide bonds. The SMILES string of the molecule is C=C1CC[C@@H]2[C@@H]1CC1=C(C)C(=O)O[C@@]1(O)[C@H]1O[C@@]21C. The molecule has 5 atom stereocenters. The Morgan fingerprint density at radius 2 is 2.21 bits per heavy atom. The van der Waals surface area contributed by atoms with Crippen LogP contribution >= 0.6 is 0 Å². The molecule has 0 spiro atoms. The van der Waals surface area contributed by atoms with E-state index in [1.807, 2.05) is 6.92 Å². The third kappa shape index (κ3) is 1.20. The number of hydrogen-bond acceptors (Lipinski definition) is 4. The van der Waals surface area contributed by atoms with Crippen molar-refractivity contribution in [1.82, 2.24) is 0 Å². The van der Waals surface area contributed by atoms with Crippen LogP contribution < -0.4 is 0 Å². The summed E-state index contributed by atoms with van der Waals surface area (Å²) >= 11 is 0. The van der Waals surface area contributed by atoms with E-state index in [0.29, 0.717) is 29.4 Å². The quantitative estimate of drug-likeness (QED) is 0.410. The number of hydrogen-bond donors (Lipinski definition) is 1. The fraction of sp³-hybridized carbons (Fsp3) is 0.667. The van der Waals surface area contributed by atoms with Gasteiger partial charge in [-0.05, 0) is 44.9 Å². The average molecular weight is 262 g/mol. The van der Waals surface area contributed by atoms with Crippen LogP contribution in [0.4, 0.5) is 0 Å². The zero-order valence-corrected chi connectivity index (χ0v) is 11.2. The number of epoxide rings is 1. The Kier molecular flexibility index (Phi) is 1.92.